The average molecular weight is 820 g/mol. The molecule has 0 atom stereocenters. The maximum atomic E-state index is 13.6. The Balaban J connectivity index is 0.000000301. The maximum absolute atomic E-state index is 13.6. The molecule has 58 heavy (non-hydrogen) atoms. The topological polar surface area (TPSA) is 213 Å². The minimum Gasteiger partial charge on any atom is -0.507 e. The first kappa shape index (κ1) is 44.4. The summed E-state index contributed by atoms with van der Waals surface area (Å²) >= 11 is 5.94. The second-order valence-corrected chi connectivity index (χ2v) is 12.9. The summed E-state index contributed by atoms with van der Waals surface area (Å²) in [5.41, 5.74) is 2.59. The van der Waals surface area contributed by atoms with E-state index in [9.17, 15) is 18.8 Å². The van der Waals surface area contributed by atoms with E-state index in [-0.39, 0.29) is 33.6 Å². The van der Waals surface area contributed by atoms with Crippen molar-refractivity contribution in [1.29, 1.82) is 0 Å². The van der Waals surface area contributed by atoms with Crippen molar-refractivity contribution in [3.05, 3.63) is 119 Å². The van der Waals surface area contributed by atoms with Gasteiger partial charge in [-0.15, -0.1) is 0 Å². The number of carboxylic acids is 2. The van der Waals surface area contributed by atoms with Crippen LogP contribution in [0.2, 0.25) is 5.02 Å². The number of amides is 1. The van der Waals surface area contributed by atoms with Crippen LogP contribution >= 0.6 is 11.6 Å². The van der Waals surface area contributed by atoms with Crippen LogP contribution in [0.15, 0.2) is 96.8 Å². The Kier molecular flexibility index (Phi) is 17.2. The van der Waals surface area contributed by atoms with Crippen molar-refractivity contribution in [2.24, 2.45) is 0 Å². The largest absolute Gasteiger partial charge is 0.507 e. The van der Waals surface area contributed by atoms with E-state index in [4.69, 9.17) is 46.2 Å². The SMILES string of the molecule is COCCOc1cc2ncnc(Nc3ccc(F)c(Cl)c3)c2cc1NC(=O)C=C1CCN(CCOC)CC1.O=C(O)c1ccccc1O.O=C(O)c1ccccc1O. The zero-order chi connectivity index (χ0) is 42.0. The number of nitrogens with one attached hydrogen (secondary N) is 2. The maximum Gasteiger partial charge on any atom is 0.339 e. The molecular formula is C41H43ClFN5O10. The number of benzene rings is 4. The van der Waals surface area contributed by atoms with Gasteiger partial charge in [-0.3, -0.25) is 4.79 Å². The molecule has 0 unspecified atom stereocenters. The van der Waals surface area contributed by atoms with Crippen LogP contribution < -0.4 is 15.4 Å². The van der Waals surface area contributed by atoms with Crippen LogP contribution in [0.1, 0.15) is 33.6 Å². The van der Waals surface area contributed by atoms with Crippen LogP contribution in [0, 0.1) is 5.82 Å². The lowest BCUT2D eigenvalue weighted by Gasteiger charge is -2.27. The molecule has 5 aromatic rings. The number of carbonyl (C=O) groups excluding carboxylic acids is 1. The van der Waals surface area contributed by atoms with E-state index < -0.39 is 17.8 Å². The number of hydrogen-bond acceptors (Lipinski definition) is 12. The summed E-state index contributed by atoms with van der Waals surface area (Å²) in [6, 6.07) is 19.4. The van der Waals surface area contributed by atoms with E-state index >= 15 is 0 Å². The van der Waals surface area contributed by atoms with Gasteiger partial charge in [0, 0.05) is 57.1 Å². The highest BCUT2D eigenvalue weighted by molar-refractivity contribution is 6.31. The van der Waals surface area contributed by atoms with Crippen molar-refractivity contribution in [2.75, 3.05) is 64.3 Å². The molecular weight excluding hydrogens is 777 g/mol. The molecule has 6 rings (SSSR count). The quantitative estimate of drug-likeness (QED) is 0.0523. The minimum atomic E-state index is -1.11. The highest BCUT2D eigenvalue weighted by Gasteiger charge is 2.17. The van der Waals surface area contributed by atoms with Crippen LogP contribution in [-0.4, -0.2) is 107 Å². The molecule has 15 nitrogen and oxygen atoms in total. The number of carboxylic acid groups (broad SMARTS) is 2. The number of para-hydroxylation sites is 2. The highest BCUT2D eigenvalue weighted by atomic mass is 35.5. The Morgan fingerprint density at radius 2 is 1.47 bits per heavy atom. The predicted octanol–water partition coefficient (Wildman–Crippen LogP) is 6.98. The fourth-order valence-electron chi connectivity index (χ4n) is 5.44. The van der Waals surface area contributed by atoms with Crippen LogP contribution in [0.25, 0.3) is 10.9 Å². The molecule has 1 aromatic heterocycles. The average Bonchev–Trinajstić information content (AvgIpc) is 3.20. The van der Waals surface area contributed by atoms with Gasteiger partial charge < -0.3 is 50.2 Å². The molecule has 17 heteroatoms. The fraction of sp³-hybridized carbons (Fsp3) is 0.244. The van der Waals surface area contributed by atoms with Crippen molar-refractivity contribution >= 4 is 57.5 Å². The number of piperidine rings is 1. The molecule has 306 valence electrons. The third kappa shape index (κ3) is 13.4. The van der Waals surface area contributed by atoms with Crippen molar-refractivity contribution in [3.63, 3.8) is 0 Å². The van der Waals surface area contributed by atoms with Gasteiger partial charge >= 0.3 is 11.9 Å². The molecule has 2 heterocycles. The fourth-order valence-corrected chi connectivity index (χ4v) is 5.62. The van der Waals surface area contributed by atoms with Gasteiger partial charge in [0.15, 0.2) is 0 Å². The Labute approximate surface area is 338 Å². The van der Waals surface area contributed by atoms with Gasteiger partial charge in [-0.25, -0.2) is 23.9 Å². The van der Waals surface area contributed by atoms with Gasteiger partial charge in [0.05, 0.1) is 29.4 Å². The third-order valence-corrected chi connectivity index (χ3v) is 8.73. The number of rotatable bonds is 13. The molecule has 1 amide bonds. The molecule has 1 aliphatic rings. The van der Waals surface area contributed by atoms with E-state index in [1.165, 1.54) is 42.7 Å². The van der Waals surface area contributed by atoms with Crippen molar-refractivity contribution in [1.82, 2.24) is 14.9 Å². The van der Waals surface area contributed by atoms with Crippen molar-refractivity contribution in [3.8, 4) is 17.2 Å². The minimum absolute atomic E-state index is 0.00675. The monoisotopic (exact) mass is 819 g/mol. The Bertz CT molecular complexity index is 2160. The summed E-state index contributed by atoms with van der Waals surface area (Å²) in [6.45, 7) is 4.05. The zero-order valence-corrected chi connectivity index (χ0v) is 32.4. The van der Waals surface area contributed by atoms with Crippen molar-refractivity contribution in [2.45, 2.75) is 12.8 Å². The lowest BCUT2D eigenvalue weighted by molar-refractivity contribution is -0.112. The number of anilines is 3. The molecule has 1 saturated heterocycles. The first-order valence-electron chi connectivity index (χ1n) is 17.8. The molecule has 4 aromatic carbocycles. The smallest absolute Gasteiger partial charge is 0.339 e. The van der Waals surface area contributed by atoms with Crippen LogP contribution in [0.4, 0.5) is 21.6 Å². The number of aromatic carboxylic acids is 2. The molecule has 1 fully saturated rings. The number of ether oxygens (including phenoxy) is 3. The number of likely N-dealkylation sites (tertiary alicyclic amines) is 1. The number of hydrogen-bond donors (Lipinski definition) is 6. The Morgan fingerprint density at radius 3 is 2.02 bits per heavy atom. The molecule has 0 bridgehead atoms. The molecule has 0 radical (unpaired) electrons. The van der Waals surface area contributed by atoms with Gasteiger partial charge in [-0.2, -0.15) is 0 Å². The standard InChI is InChI=1S/C27H31ClFN5O4.2C7H6O3/c1-36-10-9-34-7-5-18(6-8-34)13-26(35)33-24-15-20-23(16-25(24)38-12-11-37-2)30-17-31-27(20)32-19-3-4-22(29)21(28)14-19;2*8-6-4-2-1-3-5(6)7(9)10/h3-4,13-17H,5-12H2,1-2H3,(H,33,35)(H,30,31,32);2*1-4,8H,(H,9,10). The third-order valence-electron chi connectivity index (χ3n) is 8.44. The van der Waals surface area contributed by atoms with E-state index in [1.807, 2.05) is 0 Å². The predicted molar refractivity (Wildman–Crippen MR) is 216 cm³/mol. The van der Waals surface area contributed by atoms with E-state index in [0.717, 1.165) is 38.0 Å². The highest BCUT2D eigenvalue weighted by Crippen LogP contribution is 2.34. The number of phenols is 2. The van der Waals surface area contributed by atoms with E-state index in [0.29, 0.717) is 53.7 Å². The summed E-state index contributed by atoms with van der Waals surface area (Å²) in [5.74, 6) is -2.44. The second-order valence-electron chi connectivity index (χ2n) is 12.5. The lowest BCUT2D eigenvalue weighted by Crippen LogP contribution is -2.33. The van der Waals surface area contributed by atoms with Crippen LogP contribution in [0.5, 0.6) is 17.2 Å². The number of aromatic nitrogens is 2. The van der Waals surface area contributed by atoms with Gasteiger partial charge in [0.1, 0.15) is 52.9 Å². The van der Waals surface area contributed by atoms with Crippen LogP contribution in [-0.2, 0) is 14.3 Å². The summed E-state index contributed by atoms with van der Waals surface area (Å²) in [5, 5.41) is 41.4. The summed E-state index contributed by atoms with van der Waals surface area (Å²) in [7, 11) is 3.29. The first-order chi connectivity index (χ1) is 27.9. The Morgan fingerprint density at radius 1 is 0.845 bits per heavy atom. The van der Waals surface area contributed by atoms with E-state index in [2.05, 4.69) is 25.5 Å². The van der Waals surface area contributed by atoms with Crippen molar-refractivity contribution < 1.29 is 53.4 Å². The molecule has 0 saturated carbocycles. The first-order valence-corrected chi connectivity index (χ1v) is 18.1. The second kappa shape index (κ2) is 22.4. The number of methoxy groups -OCH3 is 2. The molecule has 1 aliphatic heterocycles. The summed E-state index contributed by atoms with van der Waals surface area (Å²) < 4.78 is 29.8. The van der Waals surface area contributed by atoms with Gasteiger partial charge in [0.2, 0.25) is 5.91 Å². The molecule has 6 N–H and O–H groups in total. The van der Waals surface area contributed by atoms with Gasteiger partial charge in [-0.05, 0) is 61.4 Å². The summed E-state index contributed by atoms with van der Waals surface area (Å²) in [4.78, 5) is 44.6. The number of carbonyl (C=O) groups is 3. The van der Waals surface area contributed by atoms with E-state index in [1.54, 1.807) is 62.8 Å². The lowest BCUT2D eigenvalue weighted by atomic mass is 10.0. The summed E-state index contributed by atoms with van der Waals surface area (Å²) in [6.07, 6.45) is 4.73. The van der Waals surface area contributed by atoms with Crippen LogP contribution in [0.3, 0.4) is 0 Å². The van der Waals surface area contributed by atoms with Gasteiger partial charge in [0.25, 0.3) is 0 Å². The molecule has 0 aliphatic carbocycles. The van der Waals surface area contributed by atoms with Gasteiger partial charge in [-0.1, -0.05) is 41.4 Å². The number of nitrogens with zero attached hydrogens (tertiary/aromatic N) is 3. The Hall–Kier alpha value is -6.33. The number of halogens is 2. The normalized spacial score (nSPS) is 12.3. The number of fused-ring (bicyclic) bond motifs is 1. The molecule has 0 spiro atoms. The number of aromatic hydroxyl groups is 2. The zero-order valence-electron chi connectivity index (χ0n) is 31.7.